The minimum absolute atomic E-state index is 0.118. The number of Topliss-reactive ketones (excluding diaryl/α,β-unsaturated/α-hetero) is 1. The zero-order valence-corrected chi connectivity index (χ0v) is 14.3. The Morgan fingerprint density at radius 1 is 1.27 bits per heavy atom. The predicted molar refractivity (Wildman–Crippen MR) is 93.7 cm³/mol. The quantitative estimate of drug-likeness (QED) is 0.835. The van der Waals surface area contributed by atoms with Crippen molar-refractivity contribution in [1.82, 2.24) is 9.88 Å². The van der Waals surface area contributed by atoms with Crippen LogP contribution >= 0.6 is 0 Å². The SMILES string of the molecule is O=C(CN1CC2CC(Oc3cccnc3)CC2C1)c1ccc(O)c(F)c1. The van der Waals surface area contributed by atoms with Crippen molar-refractivity contribution in [3.05, 3.63) is 54.1 Å². The number of pyridine rings is 1. The van der Waals surface area contributed by atoms with Gasteiger partial charge in [0.25, 0.3) is 0 Å². The highest BCUT2D eigenvalue weighted by molar-refractivity contribution is 5.97. The van der Waals surface area contributed by atoms with Gasteiger partial charge in [-0.25, -0.2) is 4.39 Å². The van der Waals surface area contributed by atoms with Crippen molar-refractivity contribution in [3.8, 4) is 11.5 Å². The predicted octanol–water partition coefficient (Wildman–Crippen LogP) is 2.90. The van der Waals surface area contributed by atoms with E-state index in [4.69, 9.17) is 4.74 Å². The van der Waals surface area contributed by atoms with Crippen LogP contribution in [-0.2, 0) is 0 Å². The van der Waals surface area contributed by atoms with E-state index in [0.29, 0.717) is 17.4 Å². The number of hydrogen-bond donors (Lipinski definition) is 1. The van der Waals surface area contributed by atoms with E-state index in [0.717, 1.165) is 37.7 Å². The fourth-order valence-electron chi connectivity index (χ4n) is 4.15. The van der Waals surface area contributed by atoms with Gasteiger partial charge in [0.2, 0.25) is 0 Å². The summed E-state index contributed by atoms with van der Waals surface area (Å²) < 4.78 is 19.4. The molecule has 2 aromatic rings. The first-order valence-electron chi connectivity index (χ1n) is 8.89. The van der Waals surface area contributed by atoms with Crippen LogP contribution in [0.5, 0.6) is 11.5 Å². The van der Waals surface area contributed by atoms with Crippen molar-refractivity contribution in [2.75, 3.05) is 19.6 Å². The lowest BCUT2D eigenvalue weighted by Gasteiger charge is -2.19. The second-order valence-corrected chi connectivity index (χ2v) is 7.20. The van der Waals surface area contributed by atoms with Crippen LogP contribution in [0.4, 0.5) is 4.39 Å². The molecule has 1 aliphatic carbocycles. The van der Waals surface area contributed by atoms with Crippen molar-refractivity contribution in [2.24, 2.45) is 11.8 Å². The number of ether oxygens (including phenoxy) is 1. The van der Waals surface area contributed by atoms with Gasteiger partial charge in [0.15, 0.2) is 17.3 Å². The number of carbonyl (C=O) groups excluding carboxylic acids is 1. The minimum atomic E-state index is -0.760. The highest BCUT2D eigenvalue weighted by Gasteiger charge is 2.42. The third kappa shape index (κ3) is 3.55. The number of aromatic hydroxyl groups is 1. The Labute approximate surface area is 151 Å². The number of benzene rings is 1. The molecule has 2 heterocycles. The summed E-state index contributed by atoms with van der Waals surface area (Å²) in [5, 5.41) is 9.24. The first-order chi connectivity index (χ1) is 12.6. The van der Waals surface area contributed by atoms with Gasteiger partial charge in [0.05, 0.1) is 18.8 Å². The number of phenolic OH excluding ortho intramolecular Hbond substituents is 1. The third-order valence-electron chi connectivity index (χ3n) is 5.36. The molecule has 0 amide bonds. The average Bonchev–Trinajstić information content (AvgIpc) is 3.16. The summed E-state index contributed by atoms with van der Waals surface area (Å²) in [6, 6.07) is 7.58. The molecule has 26 heavy (non-hydrogen) atoms. The van der Waals surface area contributed by atoms with Crippen LogP contribution < -0.4 is 4.74 Å². The molecule has 4 rings (SSSR count). The monoisotopic (exact) mass is 356 g/mol. The van der Waals surface area contributed by atoms with Crippen LogP contribution in [0.3, 0.4) is 0 Å². The summed E-state index contributed by atoms with van der Waals surface area (Å²) in [6.07, 6.45) is 5.63. The smallest absolute Gasteiger partial charge is 0.176 e. The molecule has 2 unspecified atom stereocenters. The normalized spacial score (nSPS) is 25.2. The summed E-state index contributed by atoms with van der Waals surface area (Å²) in [4.78, 5) is 18.6. The van der Waals surface area contributed by atoms with E-state index in [2.05, 4.69) is 9.88 Å². The van der Waals surface area contributed by atoms with Crippen molar-refractivity contribution in [2.45, 2.75) is 18.9 Å². The molecule has 0 radical (unpaired) electrons. The fourth-order valence-corrected chi connectivity index (χ4v) is 4.15. The number of halogens is 1. The van der Waals surface area contributed by atoms with Gasteiger partial charge in [-0.05, 0) is 55.0 Å². The van der Waals surface area contributed by atoms with Crippen LogP contribution in [0, 0.1) is 17.7 Å². The zero-order valence-electron chi connectivity index (χ0n) is 14.3. The maximum atomic E-state index is 13.4. The maximum absolute atomic E-state index is 13.4. The number of hydrogen-bond acceptors (Lipinski definition) is 5. The van der Waals surface area contributed by atoms with E-state index < -0.39 is 11.6 Å². The fraction of sp³-hybridized carbons (Fsp3) is 0.400. The Hall–Kier alpha value is -2.47. The van der Waals surface area contributed by atoms with Crippen LogP contribution in [0.1, 0.15) is 23.2 Å². The van der Waals surface area contributed by atoms with E-state index in [-0.39, 0.29) is 18.4 Å². The first kappa shape index (κ1) is 17.0. The molecule has 0 bridgehead atoms. The van der Waals surface area contributed by atoms with Crippen molar-refractivity contribution in [3.63, 3.8) is 0 Å². The van der Waals surface area contributed by atoms with Gasteiger partial charge in [0.1, 0.15) is 5.75 Å². The molecule has 2 atom stereocenters. The Bertz CT molecular complexity index is 785. The third-order valence-corrected chi connectivity index (χ3v) is 5.36. The lowest BCUT2D eigenvalue weighted by Crippen LogP contribution is -2.30. The van der Waals surface area contributed by atoms with Gasteiger partial charge in [0, 0.05) is 24.8 Å². The molecule has 0 spiro atoms. The largest absolute Gasteiger partial charge is 0.505 e. The first-order valence-corrected chi connectivity index (χ1v) is 8.89. The Kier molecular flexibility index (Phi) is 4.59. The summed E-state index contributed by atoms with van der Waals surface area (Å²) in [5.74, 6) is 0.550. The molecule has 136 valence electrons. The molecule has 2 fully saturated rings. The van der Waals surface area contributed by atoms with Gasteiger partial charge in [-0.2, -0.15) is 0 Å². The van der Waals surface area contributed by atoms with Crippen LogP contribution in [-0.4, -0.2) is 46.5 Å². The van der Waals surface area contributed by atoms with E-state index in [1.54, 1.807) is 12.4 Å². The number of carbonyl (C=O) groups is 1. The van der Waals surface area contributed by atoms with Crippen LogP contribution in [0.2, 0.25) is 0 Å². The number of nitrogens with zero attached hydrogens (tertiary/aromatic N) is 2. The standard InChI is InChI=1S/C20H21FN2O3/c21-18-8-13(3-4-19(18)24)20(25)12-23-10-14-6-17(7-15(14)11-23)26-16-2-1-5-22-9-16/h1-5,8-9,14-15,17,24H,6-7,10-12H2. The molecular weight excluding hydrogens is 335 g/mol. The minimum Gasteiger partial charge on any atom is -0.505 e. The van der Waals surface area contributed by atoms with Gasteiger partial charge < -0.3 is 9.84 Å². The molecule has 5 nitrogen and oxygen atoms in total. The number of ketones is 1. The molecular formula is C20H21FN2O3. The molecule has 1 saturated heterocycles. The van der Waals surface area contributed by atoms with Crippen LogP contribution in [0.25, 0.3) is 0 Å². The average molecular weight is 356 g/mol. The lowest BCUT2D eigenvalue weighted by atomic mass is 10.0. The molecule has 1 aliphatic heterocycles. The highest BCUT2D eigenvalue weighted by Crippen LogP contribution is 2.39. The zero-order chi connectivity index (χ0) is 18.1. The molecule has 1 aromatic heterocycles. The molecule has 2 aliphatic rings. The maximum Gasteiger partial charge on any atom is 0.176 e. The second kappa shape index (κ2) is 7.03. The van der Waals surface area contributed by atoms with Gasteiger partial charge >= 0.3 is 0 Å². The van der Waals surface area contributed by atoms with E-state index in [9.17, 15) is 14.3 Å². The molecule has 1 saturated carbocycles. The number of likely N-dealkylation sites (tertiary alicyclic amines) is 1. The lowest BCUT2D eigenvalue weighted by molar-refractivity contribution is 0.0936. The van der Waals surface area contributed by atoms with Gasteiger partial charge in [-0.15, -0.1) is 0 Å². The van der Waals surface area contributed by atoms with Gasteiger partial charge in [-0.1, -0.05) is 0 Å². The summed E-state index contributed by atoms with van der Waals surface area (Å²) in [7, 11) is 0. The van der Waals surface area contributed by atoms with E-state index >= 15 is 0 Å². The van der Waals surface area contributed by atoms with E-state index in [1.807, 2.05) is 12.1 Å². The molecule has 1 aromatic carbocycles. The van der Waals surface area contributed by atoms with Crippen molar-refractivity contribution >= 4 is 5.78 Å². The van der Waals surface area contributed by atoms with Crippen LogP contribution in [0.15, 0.2) is 42.7 Å². The van der Waals surface area contributed by atoms with Crippen molar-refractivity contribution < 1.29 is 19.0 Å². The van der Waals surface area contributed by atoms with Gasteiger partial charge in [-0.3, -0.25) is 14.7 Å². The Morgan fingerprint density at radius 2 is 2.04 bits per heavy atom. The number of fused-ring (bicyclic) bond motifs is 1. The number of aromatic nitrogens is 1. The number of phenols is 1. The molecule has 1 N–H and O–H groups in total. The molecule has 6 heteroatoms. The Balaban J connectivity index is 1.30. The van der Waals surface area contributed by atoms with Crippen molar-refractivity contribution in [1.29, 1.82) is 0 Å². The van der Waals surface area contributed by atoms with E-state index in [1.165, 1.54) is 12.1 Å². The summed E-state index contributed by atoms with van der Waals surface area (Å²) in [6.45, 7) is 2.01. The highest BCUT2D eigenvalue weighted by atomic mass is 19.1. The summed E-state index contributed by atoms with van der Waals surface area (Å²) in [5.41, 5.74) is 0.301. The number of rotatable bonds is 5. The Morgan fingerprint density at radius 3 is 2.69 bits per heavy atom. The second-order valence-electron chi connectivity index (χ2n) is 7.20. The summed E-state index contributed by atoms with van der Waals surface area (Å²) >= 11 is 0. The topological polar surface area (TPSA) is 62.7 Å².